The molecule has 98 valence electrons. The summed E-state index contributed by atoms with van der Waals surface area (Å²) in [5.41, 5.74) is 0. The lowest BCUT2D eigenvalue weighted by atomic mass is 10.3. The first-order chi connectivity index (χ1) is 8.11. The molecule has 0 aromatic rings. The number of carboxylic acid groups (broad SMARTS) is 1. The van der Waals surface area contributed by atoms with E-state index in [2.05, 4.69) is 10.2 Å². The second kappa shape index (κ2) is 7.21. The van der Waals surface area contributed by atoms with E-state index in [0.29, 0.717) is 6.54 Å². The molecule has 0 spiro atoms. The van der Waals surface area contributed by atoms with E-state index in [9.17, 15) is 9.59 Å². The van der Waals surface area contributed by atoms with Crippen molar-refractivity contribution in [2.45, 2.75) is 0 Å². The van der Waals surface area contributed by atoms with Crippen molar-refractivity contribution >= 4 is 11.9 Å². The van der Waals surface area contributed by atoms with Crippen LogP contribution >= 0.6 is 0 Å². The Morgan fingerprint density at radius 3 is 2.24 bits per heavy atom. The molecule has 1 aliphatic heterocycles. The molecule has 7 heteroatoms. The van der Waals surface area contributed by atoms with E-state index in [1.54, 1.807) is 0 Å². The number of piperazine rings is 1. The first-order valence-electron chi connectivity index (χ1n) is 5.66. The quantitative estimate of drug-likeness (QED) is 0.491. The maximum absolute atomic E-state index is 11.4. The first kappa shape index (κ1) is 13.9. The molecule has 7 nitrogen and oxygen atoms in total. The summed E-state index contributed by atoms with van der Waals surface area (Å²) in [7, 11) is 0. The molecule has 0 saturated carbocycles. The molecular weight excluding hydrogens is 226 g/mol. The van der Waals surface area contributed by atoms with Crippen LogP contribution < -0.4 is 5.32 Å². The highest BCUT2D eigenvalue weighted by atomic mass is 16.4. The van der Waals surface area contributed by atoms with Gasteiger partial charge in [-0.05, 0) is 0 Å². The van der Waals surface area contributed by atoms with Crippen LogP contribution in [0, 0.1) is 0 Å². The lowest BCUT2D eigenvalue weighted by Crippen LogP contribution is -2.50. The van der Waals surface area contributed by atoms with Gasteiger partial charge in [0.1, 0.15) is 6.54 Å². The van der Waals surface area contributed by atoms with E-state index < -0.39 is 5.97 Å². The van der Waals surface area contributed by atoms with Gasteiger partial charge in [0.2, 0.25) is 5.91 Å². The maximum atomic E-state index is 11.4. The number of β-amino-alcohol motifs (C(OH)–C–C–N with tert-alkyl or cyclic N) is 1. The molecule has 1 fully saturated rings. The third-order valence-corrected chi connectivity index (χ3v) is 2.69. The average Bonchev–Trinajstić information content (AvgIpc) is 2.29. The number of nitrogens with one attached hydrogen (secondary N) is 1. The molecule has 0 unspecified atom stereocenters. The standard InChI is InChI=1S/C10H19N3O4/c14-6-5-12-1-3-13(4-2-12)8-9(15)11-7-10(16)17/h14H,1-8H2,(H,11,15)(H,16,17). The fourth-order valence-electron chi connectivity index (χ4n) is 1.75. The number of carbonyl (C=O) groups is 2. The Morgan fingerprint density at radius 1 is 1.12 bits per heavy atom. The summed E-state index contributed by atoms with van der Waals surface area (Å²) in [6.07, 6.45) is 0. The van der Waals surface area contributed by atoms with Crippen LogP contribution in [0.5, 0.6) is 0 Å². The Kier molecular flexibility index (Phi) is 5.88. The monoisotopic (exact) mass is 245 g/mol. The molecule has 0 radical (unpaired) electrons. The van der Waals surface area contributed by atoms with Crippen LogP contribution in [0.4, 0.5) is 0 Å². The third-order valence-electron chi connectivity index (χ3n) is 2.69. The van der Waals surface area contributed by atoms with Gasteiger partial charge in [0, 0.05) is 32.7 Å². The number of carboxylic acids is 1. The zero-order chi connectivity index (χ0) is 12.7. The van der Waals surface area contributed by atoms with Crippen LogP contribution in [-0.2, 0) is 9.59 Å². The molecule has 0 atom stereocenters. The first-order valence-corrected chi connectivity index (χ1v) is 5.66. The number of rotatable bonds is 6. The number of nitrogens with zero attached hydrogens (tertiary/aromatic N) is 2. The number of aliphatic carboxylic acids is 1. The minimum atomic E-state index is -1.04. The average molecular weight is 245 g/mol. The predicted molar refractivity (Wildman–Crippen MR) is 60.6 cm³/mol. The summed E-state index contributed by atoms with van der Waals surface area (Å²) in [5.74, 6) is -1.30. The van der Waals surface area contributed by atoms with E-state index in [1.165, 1.54) is 0 Å². The van der Waals surface area contributed by atoms with Gasteiger partial charge in [-0.3, -0.25) is 19.4 Å². The van der Waals surface area contributed by atoms with Gasteiger partial charge < -0.3 is 15.5 Å². The van der Waals surface area contributed by atoms with Crippen molar-refractivity contribution < 1.29 is 19.8 Å². The largest absolute Gasteiger partial charge is 0.480 e. The van der Waals surface area contributed by atoms with Crippen molar-refractivity contribution in [2.75, 3.05) is 52.4 Å². The molecule has 1 aliphatic rings. The van der Waals surface area contributed by atoms with Gasteiger partial charge >= 0.3 is 5.97 Å². The van der Waals surface area contributed by atoms with E-state index in [0.717, 1.165) is 26.2 Å². The number of amides is 1. The Bertz CT molecular complexity index is 264. The van der Waals surface area contributed by atoms with Gasteiger partial charge in [0.05, 0.1) is 13.2 Å². The second-order valence-corrected chi connectivity index (χ2v) is 4.01. The van der Waals surface area contributed by atoms with Crippen molar-refractivity contribution in [1.82, 2.24) is 15.1 Å². The van der Waals surface area contributed by atoms with Gasteiger partial charge in [-0.15, -0.1) is 0 Å². The fraction of sp³-hybridized carbons (Fsp3) is 0.800. The van der Waals surface area contributed by atoms with Crippen molar-refractivity contribution in [3.8, 4) is 0 Å². The van der Waals surface area contributed by atoms with Gasteiger partial charge in [-0.1, -0.05) is 0 Å². The molecule has 1 heterocycles. The Balaban J connectivity index is 2.17. The zero-order valence-electron chi connectivity index (χ0n) is 9.76. The van der Waals surface area contributed by atoms with Crippen molar-refractivity contribution in [1.29, 1.82) is 0 Å². The van der Waals surface area contributed by atoms with Crippen molar-refractivity contribution in [2.24, 2.45) is 0 Å². The summed E-state index contributed by atoms with van der Waals surface area (Å²) in [6, 6.07) is 0. The summed E-state index contributed by atoms with van der Waals surface area (Å²) >= 11 is 0. The number of aliphatic hydroxyl groups is 1. The normalized spacial score (nSPS) is 17.9. The number of hydrogen-bond donors (Lipinski definition) is 3. The summed E-state index contributed by atoms with van der Waals surface area (Å²) in [5, 5.41) is 19.5. The predicted octanol–water partition coefficient (Wildman–Crippen LogP) is -2.20. The highest BCUT2D eigenvalue weighted by Crippen LogP contribution is 2.00. The van der Waals surface area contributed by atoms with Crippen LogP contribution in [0.15, 0.2) is 0 Å². The van der Waals surface area contributed by atoms with Crippen LogP contribution in [0.3, 0.4) is 0 Å². The minimum Gasteiger partial charge on any atom is -0.480 e. The lowest BCUT2D eigenvalue weighted by molar-refractivity contribution is -0.138. The molecule has 0 aromatic carbocycles. The van der Waals surface area contributed by atoms with E-state index in [1.807, 2.05) is 4.90 Å². The van der Waals surface area contributed by atoms with E-state index in [-0.39, 0.29) is 25.6 Å². The SMILES string of the molecule is O=C(O)CNC(=O)CN1CCN(CCO)CC1. The van der Waals surface area contributed by atoms with Gasteiger partial charge in [0.15, 0.2) is 0 Å². The molecule has 0 bridgehead atoms. The number of hydrogen-bond acceptors (Lipinski definition) is 5. The van der Waals surface area contributed by atoms with Gasteiger partial charge in [-0.2, -0.15) is 0 Å². The fourth-order valence-corrected chi connectivity index (χ4v) is 1.75. The highest BCUT2D eigenvalue weighted by molar-refractivity contribution is 5.82. The zero-order valence-corrected chi connectivity index (χ0v) is 9.76. The minimum absolute atomic E-state index is 0.152. The molecule has 0 aliphatic carbocycles. The third kappa shape index (κ3) is 5.62. The lowest BCUT2D eigenvalue weighted by Gasteiger charge is -2.33. The maximum Gasteiger partial charge on any atom is 0.322 e. The summed E-state index contributed by atoms with van der Waals surface area (Å²) < 4.78 is 0. The Morgan fingerprint density at radius 2 is 1.71 bits per heavy atom. The van der Waals surface area contributed by atoms with Crippen molar-refractivity contribution in [3.05, 3.63) is 0 Å². The number of carbonyl (C=O) groups excluding carboxylic acids is 1. The smallest absolute Gasteiger partial charge is 0.322 e. The van der Waals surface area contributed by atoms with E-state index >= 15 is 0 Å². The van der Waals surface area contributed by atoms with Gasteiger partial charge in [0.25, 0.3) is 0 Å². The Hall–Kier alpha value is -1.18. The second-order valence-electron chi connectivity index (χ2n) is 4.01. The topological polar surface area (TPSA) is 93.1 Å². The van der Waals surface area contributed by atoms with Crippen LogP contribution in [-0.4, -0.2) is 84.3 Å². The number of aliphatic hydroxyl groups excluding tert-OH is 1. The molecule has 3 N–H and O–H groups in total. The summed E-state index contributed by atoms with van der Waals surface area (Å²) in [6.45, 7) is 3.90. The summed E-state index contributed by atoms with van der Waals surface area (Å²) in [4.78, 5) is 25.7. The molecular formula is C10H19N3O4. The van der Waals surface area contributed by atoms with Gasteiger partial charge in [-0.25, -0.2) is 0 Å². The Labute approximate surface area is 100.0 Å². The highest BCUT2D eigenvalue weighted by Gasteiger charge is 2.18. The molecule has 17 heavy (non-hydrogen) atoms. The molecule has 1 rings (SSSR count). The molecule has 1 saturated heterocycles. The van der Waals surface area contributed by atoms with Crippen LogP contribution in [0.1, 0.15) is 0 Å². The molecule has 1 amide bonds. The van der Waals surface area contributed by atoms with Crippen molar-refractivity contribution in [3.63, 3.8) is 0 Å². The molecule has 0 aromatic heterocycles. The van der Waals surface area contributed by atoms with Crippen LogP contribution in [0.2, 0.25) is 0 Å². The van der Waals surface area contributed by atoms with Crippen LogP contribution in [0.25, 0.3) is 0 Å². The van der Waals surface area contributed by atoms with E-state index in [4.69, 9.17) is 10.2 Å².